The minimum Gasteiger partial charge on any atom is -0.497 e. The first-order valence-corrected chi connectivity index (χ1v) is 13.0. The van der Waals surface area contributed by atoms with Crippen molar-refractivity contribution in [2.45, 2.75) is 75.4 Å². The minimum atomic E-state index is -0.469. The van der Waals surface area contributed by atoms with Gasteiger partial charge < -0.3 is 15.0 Å². The van der Waals surface area contributed by atoms with Crippen molar-refractivity contribution in [3.05, 3.63) is 60.2 Å². The van der Waals surface area contributed by atoms with E-state index >= 15 is 0 Å². The van der Waals surface area contributed by atoms with Crippen LogP contribution in [-0.4, -0.2) is 41.7 Å². The number of nitrogens with zero attached hydrogens (tertiary/aromatic N) is 1. The number of thioether (sulfide) groups is 1. The van der Waals surface area contributed by atoms with E-state index in [1.807, 2.05) is 49.4 Å². The molecule has 2 amide bonds. The van der Waals surface area contributed by atoms with Crippen molar-refractivity contribution in [2.24, 2.45) is 0 Å². The molecule has 1 saturated carbocycles. The van der Waals surface area contributed by atoms with Crippen molar-refractivity contribution in [2.75, 3.05) is 12.9 Å². The molecule has 0 aromatic heterocycles. The van der Waals surface area contributed by atoms with E-state index in [9.17, 15) is 9.59 Å². The summed E-state index contributed by atoms with van der Waals surface area (Å²) in [6, 6.07) is 17.6. The van der Waals surface area contributed by atoms with E-state index in [1.165, 1.54) is 6.42 Å². The third-order valence-electron chi connectivity index (χ3n) is 6.18. The Labute approximate surface area is 202 Å². The van der Waals surface area contributed by atoms with Crippen LogP contribution in [0.15, 0.2) is 59.5 Å². The van der Waals surface area contributed by atoms with Crippen LogP contribution >= 0.6 is 11.8 Å². The molecule has 0 bridgehead atoms. The Morgan fingerprint density at radius 2 is 1.76 bits per heavy atom. The van der Waals surface area contributed by atoms with Crippen LogP contribution in [0.2, 0.25) is 0 Å². The van der Waals surface area contributed by atoms with Crippen LogP contribution in [0.4, 0.5) is 0 Å². The zero-order valence-corrected chi connectivity index (χ0v) is 20.6. The number of rotatable bonds is 11. The molecule has 5 nitrogen and oxygen atoms in total. The van der Waals surface area contributed by atoms with Crippen LogP contribution in [0.3, 0.4) is 0 Å². The van der Waals surface area contributed by atoms with Gasteiger partial charge in [0.25, 0.3) is 0 Å². The summed E-state index contributed by atoms with van der Waals surface area (Å²) in [4.78, 5) is 29.5. The Balaban J connectivity index is 1.70. The van der Waals surface area contributed by atoms with Crippen LogP contribution in [0.25, 0.3) is 0 Å². The highest BCUT2D eigenvalue weighted by atomic mass is 32.2. The quantitative estimate of drug-likeness (QED) is 0.447. The molecule has 1 aliphatic rings. The van der Waals surface area contributed by atoms with Crippen molar-refractivity contribution >= 4 is 23.6 Å². The largest absolute Gasteiger partial charge is 0.497 e. The van der Waals surface area contributed by atoms with Gasteiger partial charge in [-0.25, -0.2) is 0 Å². The molecule has 1 atom stereocenters. The summed E-state index contributed by atoms with van der Waals surface area (Å²) in [7, 11) is 1.64. The highest BCUT2D eigenvalue weighted by molar-refractivity contribution is 7.99. The topological polar surface area (TPSA) is 58.6 Å². The predicted molar refractivity (Wildman–Crippen MR) is 134 cm³/mol. The standard InChI is InChI=1S/C27H36N2O3S/c1-3-25(27(31)28-22-10-6-4-7-11-22)29(20-21-14-16-23(32-2)17-15-21)26(30)18-19-33-24-12-8-5-9-13-24/h5,8-9,12-17,22,25H,3-4,6-7,10-11,18-20H2,1-2H3,(H,28,31)/t25-/m1/s1. The van der Waals surface area contributed by atoms with E-state index in [1.54, 1.807) is 23.8 Å². The third-order valence-corrected chi connectivity index (χ3v) is 7.19. The molecule has 1 fully saturated rings. The number of nitrogens with one attached hydrogen (secondary N) is 1. The fourth-order valence-electron chi connectivity index (χ4n) is 4.31. The second kappa shape index (κ2) is 13.3. The molecular formula is C27H36N2O3S. The van der Waals surface area contributed by atoms with E-state index in [0.717, 1.165) is 41.9 Å². The lowest BCUT2D eigenvalue weighted by Gasteiger charge is -2.33. The summed E-state index contributed by atoms with van der Waals surface area (Å²) in [5.74, 6) is 1.45. The zero-order valence-electron chi connectivity index (χ0n) is 19.8. The van der Waals surface area contributed by atoms with Gasteiger partial charge in [0.1, 0.15) is 11.8 Å². The van der Waals surface area contributed by atoms with Crippen LogP contribution in [-0.2, 0) is 16.1 Å². The van der Waals surface area contributed by atoms with E-state index in [-0.39, 0.29) is 17.9 Å². The van der Waals surface area contributed by atoms with Crippen molar-refractivity contribution in [3.63, 3.8) is 0 Å². The van der Waals surface area contributed by atoms with E-state index in [0.29, 0.717) is 25.1 Å². The molecule has 2 aromatic carbocycles. The van der Waals surface area contributed by atoms with E-state index < -0.39 is 6.04 Å². The molecule has 2 aromatic rings. The first kappa shape index (κ1) is 25.2. The number of amides is 2. The molecule has 0 radical (unpaired) electrons. The fraction of sp³-hybridized carbons (Fsp3) is 0.481. The van der Waals surface area contributed by atoms with Gasteiger partial charge in [0.15, 0.2) is 0 Å². The number of ether oxygens (including phenoxy) is 1. The molecule has 3 rings (SSSR count). The normalized spacial score (nSPS) is 15.0. The average molecular weight is 469 g/mol. The Bertz CT molecular complexity index is 867. The first-order chi connectivity index (χ1) is 16.1. The molecule has 0 unspecified atom stereocenters. The molecule has 178 valence electrons. The van der Waals surface area contributed by atoms with Crippen molar-refractivity contribution in [3.8, 4) is 5.75 Å². The molecule has 0 aliphatic heterocycles. The molecule has 1 aliphatic carbocycles. The maximum Gasteiger partial charge on any atom is 0.243 e. The molecule has 1 N–H and O–H groups in total. The first-order valence-electron chi connectivity index (χ1n) is 12.0. The number of carbonyl (C=O) groups excluding carboxylic acids is 2. The summed E-state index contributed by atoms with van der Waals surface area (Å²) < 4.78 is 5.26. The number of benzene rings is 2. The average Bonchev–Trinajstić information content (AvgIpc) is 2.85. The summed E-state index contributed by atoms with van der Waals surface area (Å²) in [5.41, 5.74) is 0.990. The maximum absolute atomic E-state index is 13.4. The van der Waals surface area contributed by atoms with Crippen LogP contribution in [0.5, 0.6) is 5.75 Å². The smallest absolute Gasteiger partial charge is 0.243 e. The molecule has 33 heavy (non-hydrogen) atoms. The molecule has 0 heterocycles. The predicted octanol–water partition coefficient (Wildman–Crippen LogP) is 5.43. The van der Waals surface area contributed by atoms with Gasteiger partial charge in [0.05, 0.1) is 7.11 Å². The number of hydrogen-bond acceptors (Lipinski definition) is 4. The fourth-order valence-corrected chi connectivity index (χ4v) is 5.17. The lowest BCUT2D eigenvalue weighted by molar-refractivity contribution is -0.141. The highest BCUT2D eigenvalue weighted by Gasteiger charge is 2.30. The van der Waals surface area contributed by atoms with Crippen LogP contribution in [0.1, 0.15) is 57.4 Å². The zero-order chi connectivity index (χ0) is 23.5. The van der Waals surface area contributed by atoms with Gasteiger partial charge in [-0.05, 0) is 49.1 Å². The van der Waals surface area contributed by atoms with Crippen molar-refractivity contribution in [1.29, 1.82) is 0 Å². The van der Waals surface area contributed by atoms with Crippen LogP contribution < -0.4 is 10.1 Å². The number of carbonyl (C=O) groups is 2. The molecule has 6 heteroatoms. The summed E-state index contributed by atoms with van der Waals surface area (Å²) in [6.07, 6.45) is 6.60. The molecular weight excluding hydrogens is 432 g/mol. The van der Waals surface area contributed by atoms with Crippen LogP contribution in [0, 0.1) is 0 Å². The summed E-state index contributed by atoms with van der Waals surface area (Å²) in [6.45, 7) is 2.40. The second-order valence-electron chi connectivity index (χ2n) is 8.55. The third kappa shape index (κ3) is 7.81. The Morgan fingerprint density at radius 1 is 1.06 bits per heavy atom. The Morgan fingerprint density at radius 3 is 2.39 bits per heavy atom. The summed E-state index contributed by atoms with van der Waals surface area (Å²) >= 11 is 1.67. The van der Waals surface area contributed by atoms with E-state index in [4.69, 9.17) is 4.74 Å². The van der Waals surface area contributed by atoms with Gasteiger partial charge >= 0.3 is 0 Å². The van der Waals surface area contributed by atoms with Gasteiger partial charge in [-0.2, -0.15) is 0 Å². The van der Waals surface area contributed by atoms with Crippen molar-refractivity contribution in [1.82, 2.24) is 10.2 Å². The summed E-state index contributed by atoms with van der Waals surface area (Å²) in [5, 5.41) is 3.23. The van der Waals surface area contributed by atoms with Gasteiger partial charge in [0, 0.05) is 29.7 Å². The maximum atomic E-state index is 13.4. The van der Waals surface area contributed by atoms with Gasteiger partial charge in [0.2, 0.25) is 11.8 Å². The van der Waals surface area contributed by atoms with E-state index in [2.05, 4.69) is 17.4 Å². The highest BCUT2D eigenvalue weighted by Crippen LogP contribution is 2.22. The second-order valence-corrected chi connectivity index (χ2v) is 9.72. The molecule has 0 saturated heterocycles. The Hall–Kier alpha value is -2.47. The number of hydrogen-bond donors (Lipinski definition) is 1. The lowest BCUT2D eigenvalue weighted by atomic mass is 9.95. The monoisotopic (exact) mass is 468 g/mol. The minimum absolute atomic E-state index is 0.0138. The lowest BCUT2D eigenvalue weighted by Crippen LogP contribution is -2.51. The van der Waals surface area contributed by atoms with Gasteiger partial charge in [-0.15, -0.1) is 11.8 Å². The number of methoxy groups -OCH3 is 1. The SMILES string of the molecule is CC[C@H](C(=O)NC1CCCCC1)N(Cc1ccc(OC)cc1)C(=O)CCSc1ccccc1. The van der Waals surface area contributed by atoms with Gasteiger partial charge in [-0.1, -0.05) is 56.5 Å². The van der Waals surface area contributed by atoms with Gasteiger partial charge in [-0.3, -0.25) is 9.59 Å². The van der Waals surface area contributed by atoms with Crippen molar-refractivity contribution < 1.29 is 14.3 Å². The Kier molecular flexibility index (Phi) is 10.1. The molecule has 0 spiro atoms.